The molecule has 0 aromatic rings. The van der Waals surface area contributed by atoms with E-state index in [1.54, 1.807) is 11.8 Å². The van der Waals surface area contributed by atoms with Crippen molar-refractivity contribution in [2.45, 2.75) is 24.5 Å². The molecular weight excluding hydrogens is 196 g/mol. The van der Waals surface area contributed by atoms with Crippen molar-refractivity contribution in [2.75, 3.05) is 18.8 Å². The van der Waals surface area contributed by atoms with Gasteiger partial charge in [0.05, 0.1) is 4.75 Å². The van der Waals surface area contributed by atoms with Crippen LogP contribution in [0.25, 0.3) is 0 Å². The van der Waals surface area contributed by atoms with Gasteiger partial charge in [-0.1, -0.05) is 12.2 Å². The lowest BCUT2D eigenvalue weighted by Crippen LogP contribution is -2.40. The van der Waals surface area contributed by atoms with Crippen LogP contribution in [0.4, 0.5) is 0 Å². The van der Waals surface area contributed by atoms with Gasteiger partial charge in [0.1, 0.15) is 0 Å². The van der Waals surface area contributed by atoms with Crippen molar-refractivity contribution in [1.29, 1.82) is 0 Å². The first kappa shape index (κ1) is 11.6. The number of nitrogens with two attached hydrogens (primary N) is 1. The van der Waals surface area contributed by atoms with Crippen molar-refractivity contribution in [3.63, 3.8) is 0 Å². The maximum absolute atomic E-state index is 11.7. The van der Waals surface area contributed by atoms with E-state index in [9.17, 15) is 4.79 Å². The predicted molar refractivity (Wildman–Crippen MR) is 61.3 cm³/mol. The van der Waals surface area contributed by atoms with Crippen LogP contribution in [0, 0.1) is 0 Å². The third-order valence-corrected chi connectivity index (χ3v) is 3.90. The van der Waals surface area contributed by atoms with E-state index in [1.165, 1.54) is 0 Å². The number of carbonyl (C=O) groups is 1. The number of hydrogen-bond acceptors (Lipinski definition) is 3. The van der Waals surface area contributed by atoms with Crippen molar-refractivity contribution in [2.24, 2.45) is 5.73 Å². The highest BCUT2D eigenvalue weighted by atomic mass is 32.2. The minimum absolute atomic E-state index is 0.154. The predicted octanol–water partition coefficient (Wildman–Crippen LogP) is 0.903. The van der Waals surface area contributed by atoms with Gasteiger partial charge in [-0.25, -0.2) is 0 Å². The van der Waals surface area contributed by atoms with Crippen LogP contribution in [0.1, 0.15) is 19.8 Å². The van der Waals surface area contributed by atoms with Crippen molar-refractivity contribution >= 4 is 17.7 Å². The molecule has 1 aliphatic rings. The molecule has 1 rings (SSSR count). The van der Waals surface area contributed by atoms with E-state index in [-0.39, 0.29) is 10.7 Å². The monoisotopic (exact) mass is 214 g/mol. The first-order valence-electron chi connectivity index (χ1n) is 4.96. The third-order valence-electron chi connectivity index (χ3n) is 2.38. The summed E-state index contributed by atoms with van der Waals surface area (Å²) in [7, 11) is 0. The van der Waals surface area contributed by atoms with Gasteiger partial charge >= 0.3 is 0 Å². The topological polar surface area (TPSA) is 55.1 Å². The van der Waals surface area contributed by atoms with Crippen LogP contribution in [0.3, 0.4) is 0 Å². The first-order chi connectivity index (χ1) is 6.69. The number of thioether (sulfide) groups is 1. The summed E-state index contributed by atoms with van der Waals surface area (Å²) in [6.07, 6.45) is 5.88. The number of hydrogen-bond donors (Lipinski definition) is 2. The van der Waals surface area contributed by atoms with Crippen molar-refractivity contribution < 1.29 is 4.79 Å². The number of carbonyl (C=O) groups excluding carboxylic acids is 1. The molecule has 3 nitrogen and oxygen atoms in total. The Morgan fingerprint density at radius 1 is 1.64 bits per heavy atom. The molecule has 1 amide bonds. The van der Waals surface area contributed by atoms with E-state index in [4.69, 9.17) is 5.73 Å². The second kappa shape index (κ2) is 5.41. The molecule has 1 unspecified atom stereocenters. The molecule has 4 heteroatoms. The van der Waals surface area contributed by atoms with E-state index >= 15 is 0 Å². The molecule has 0 aromatic carbocycles. The standard InChI is InChI=1S/C10H18N2OS/c1-10(5-4-8-14-10)9(13)12-7-3-2-6-11/h2-3H,4-8,11H2,1H3,(H,12,13)/b3-2+. The Bertz CT molecular complexity index is 222. The largest absolute Gasteiger partial charge is 0.351 e. The molecule has 1 aliphatic heterocycles. The summed E-state index contributed by atoms with van der Waals surface area (Å²) in [4.78, 5) is 11.7. The molecule has 0 spiro atoms. The van der Waals surface area contributed by atoms with Crippen LogP contribution in [0.15, 0.2) is 12.2 Å². The van der Waals surface area contributed by atoms with Crippen LogP contribution < -0.4 is 11.1 Å². The summed E-state index contributed by atoms with van der Waals surface area (Å²) >= 11 is 1.76. The molecule has 1 atom stereocenters. The third kappa shape index (κ3) is 3.03. The van der Waals surface area contributed by atoms with E-state index < -0.39 is 0 Å². The molecule has 1 fully saturated rings. The van der Waals surface area contributed by atoms with Crippen LogP contribution in [0.5, 0.6) is 0 Å². The van der Waals surface area contributed by atoms with E-state index in [0.29, 0.717) is 13.1 Å². The SMILES string of the molecule is CC1(C(=O)NC/C=C/CN)CCCS1. The zero-order chi connectivity index (χ0) is 10.4. The Kier molecular flexibility index (Phi) is 4.48. The van der Waals surface area contributed by atoms with Gasteiger partial charge in [0.25, 0.3) is 0 Å². The summed E-state index contributed by atoms with van der Waals surface area (Å²) in [5.41, 5.74) is 5.29. The second-order valence-corrected chi connectivity index (χ2v) is 5.20. The van der Waals surface area contributed by atoms with Gasteiger partial charge in [0.2, 0.25) is 5.91 Å². The molecule has 0 bridgehead atoms. The number of nitrogens with one attached hydrogen (secondary N) is 1. The van der Waals surface area contributed by atoms with Crippen molar-refractivity contribution in [1.82, 2.24) is 5.32 Å². The molecule has 80 valence electrons. The Morgan fingerprint density at radius 2 is 2.43 bits per heavy atom. The maximum Gasteiger partial charge on any atom is 0.236 e. The second-order valence-electron chi connectivity index (χ2n) is 3.60. The minimum atomic E-state index is -0.198. The van der Waals surface area contributed by atoms with E-state index in [1.807, 2.05) is 19.1 Å². The average Bonchev–Trinajstić information content (AvgIpc) is 2.61. The highest BCUT2D eigenvalue weighted by molar-refractivity contribution is 8.01. The number of rotatable bonds is 4. The summed E-state index contributed by atoms with van der Waals surface area (Å²) in [6.45, 7) is 3.14. The van der Waals surface area contributed by atoms with Gasteiger partial charge in [0, 0.05) is 13.1 Å². The van der Waals surface area contributed by atoms with Gasteiger partial charge in [-0.2, -0.15) is 0 Å². The van der Waals surface area contributed by atoms with Crippen LogP contribution in [-0.4, -0.2) is 29.5 Å². The lowest BCUT2D eigenvalue weighted by molar-refractivity contribution is -0.122. The van der Waals surface area contributed by atoms with Gasteiger partial charge in [0.15, 0.2) is 0 Å². The van der Waals surface area contributed by atoms with Crippen molar-refractivity contribution in [3.05, 3.63) is 12.2 Å². The van der Waals surface area contributed by atoms with Gasteiger partial charge < -0.3 is 11.1 Å². The van der Waals surface area contributed by atoms with Gasteiger partial charge in [-0.3, -0.25) is 4.79 Å². The van der Waals surface area contributed by atoms with Gasteiger partial charge in [-0.15, -0.1) is 11.8 Å². The van der Waals surface area contributed by atoms with Crippen LogP contribution in [0.2, 0.25) is 0 Å². The summed E-state index contributed by atoms with van der Waals surface area (Å²) in [5.74, 6) is 1.25. The zero-order valence-corrected chi connectivity index (χ0v) is 9.40. The van der Waals surface area contributed by atoms with Crippen molar-refractivity contribution in [3.8, 4) is 0 Å². The fourth-order valence-electron chi connectivity index (χ4n) is 1.48. The molecule has 0 aromatic heterocycles. The van der Waals surface area contributed by atoms with Crippen LogP contribution >= 0.6 is 11.8 Å². The molecule has 1 saturated heterocycles. The zero-order valence-electron chi connectivity index (χ0n) is 8.58. The molecule has 14 heavy (non-hydrogen) atoms. The fraction of sp³-hybridized carbons (Fsp3) is 0.700. The average molecular weight is 214 g/mol. The molecule has 3 N–H and O–H groups in total. The van der Waals surface area contributed by atoms with E-state index in [2.05, 4.69) is 5.32 Å². The van der Waals surface area contributed by atoms with Gasteiger partial charge in [-0.05, 0) is 25.5 Å². The summed E-state index contributed by atoms with van der Waals surface area (Å²) in [6, 6.07) is 0. The Hall–Kier alpha value is -0.480. The first-order valence-corrected chi connectivity index (χ1v) is 5.95. The summed E-state index contributed by atoms with van der Waals surface area (Å²) in [5, 5.41) is 2.90. The summed E-state index contributed by atoms with van der Waals surface area (Å²) < 4.78 is -0.198. The highest BCUT2D eigenvalue weighted by Crippen LogP contribution is 2.37. The minimum Gasteiger partial charge on any atom is -0.351 e. The lowest BCUT2D eigenvalue weighted by Gasteiger charge is -2.20. The lowest BCUT2D eigenvalue weighted by atomic mass is 10.1. The molecule has 0 aliphatic carbocycles. The smallest absolute Gasteiger partial charge is 0.236 e. The molecular formula is C10H18N2OS. The van der Waals surface area contributed by atoms with Crippen LogP contribution in [-0.2, 0) is 4.79 Å². The molecule has 0 saturated carbocycles. The normalized spacial score (nSPS) is 27.0. The Morgan fingerprint density at radius 3 is 3.00 bits per heavy atom. The molecule has 1 heterocycles. The highest BCUT2D eigenvalue weighted by Gasteiger charge is 2.36. The molecule has 0 radical (unpaired) electrons. The number of amides is 1. The maximum atomic E-state index is 11.7. The Balaban J connectivity index is 2.30. The fourth-order valence-corrected chi connectivity index (χ4v) is 2.71. The Labute approximate surface area is 89.5 Å². The quantitative estimate of drug-likeness (QED) is 0.684. The van der Waals surface area contributed by atoms with E-state index in [0.717, 1.165) is 18.6 Å².